The van der Waals surface area contributed by atoms with E-state index in [1.54, 1.807) is 0 Å². The lowest BCUT2D eigenvalue weighted by Crippen LogP contribution is -2.39. The lowest BCUT2D eigenvalue weighted by atomic mass is 10.0. The Balaban J connectivity index is 1.94. The molecule has 2 rings (SSSR count). The van der Waals surface area contributed by atoms with Crippen LogP contribution in [0.3, 0.4) is 0 Å². The largest absolute Gasteiger partial charge is 0.371 e. The molecule has 0 amide bonds. The maximum atomic E-state index is 3.74. The van der Waals surface area contributed by atoms with Crippen LogP contribution in [-0.4, -0.2) is 25.7 Å². The second kappa shape index (κ2) is 7.54. The molecule has 1 aromatic carbocycles. The van der Waals surface area contributed by atoms with E-state index in [2.05, 4.69) is 54.4 Å². The average Bonchev–Trinajstić information content (AvgIpc) is 2.90. The van der Waals surface area contributed by atoms with Crippen LogP contribution < -0.4 is 10.2 Å². The Bertz CT molecular complexity index is 350. The third kappa shape index (κ3) is 3.97. The van der Waals surface area contributed by atoms with Gasteiger partial charge in [-0.05, 0) is 50.8 Å². The Morgan fingerprint density at radius 2 is 1.95 bits per heavy atom. The van der Waals surface area contributed by atoms with E-state index in [1.165, 1.54) is 44.5 Å². The number of nitrogens with one attached hydrogen (secondary N) is 1. The maximum absolute atomic E-state index is 3.74. The van der Waals surface area contributed by atoms with E-state index in [4.69, 9.17) is 0 Å². The molecule has 0 aliphatic heterocycles. The van der Waals surface area contributed by atoms with Crippen molar-refractivity contribution in [2.45, 2.75) is 45.6 Å². The number of anilines is 1. The molecule has 2 unspecified atom stereocenters. The van der Waals surface area contributed by atoms with Crippen molar-refractivity contribution in [3.63, 3.8) is 0 Å². The fourth-order valence-electron chi connectivity index (χ4n) is 3.19. The predicted octanol–water partition coefficient (Wildman–Crippen LogP) is 3.68. The lowest BCUT2D eigenvalue weighted by molar-refractivity contribution is 0.400. The highest BCUT2D eigenvalue weighted by atomic mass is 15.1. The summed E-state index contributed by atoms with van der Waals surface area (Å²) in [7, 11) is 0. The fourth-order valence-corrected chi connectivity index (χ4v) is 3.19. The molecule has 0 radical (unpaired) electrons. The summed E-state index contributed by atoms with van der Waals surface area (Å²) < 4.78 is 0. The molecule has 1 fully saturated rings. The summed E-state index contributed by atoms with van der Waals surface area (Å²) in [6.45, 7) is 7.97. The highest BCUT2D eigenvalue weighted by Crippen LogP contribution is 2.28. The molecule has 0 spiro atoms. The van der Waals surface area contributed by atoms with Gasteiger partial charge in [-0.1, -0.05) is 31.5 Å². The molecular formula is C17H28N2. The van der Waals surface area contributed by atoms with E-state index >= 15 is 0 Å². The predicted molar refractivity (Wildman–Crippen MR) is 83.8 cm³/mol. The van der Waals surface area contributed by atoms with Gasteiger partial charge in [0, 0.05) is 24.8 Å². The van der Waals surface area contributed by atoms with Gasteiger partial charge in [-0.25, -0.2) is 0 Å². The summed E-state index contributed by atoms with van der Waals surface area (Å²) in [6, 6.07) is 11.6. The monoisotopic (exact) mass is 260 g/mol. The van der Waals surface area contributed by atoms with Gasteiger partial charge >= 0.3 is 0 Å². The Kier molecular flexibility index (Phi) is 5.71. The normalized spacial score (nSPS) is 22.6. The highest BCUT2D eigenvalue weighted by molar-refractivity contribution is 5.45. The molecule has 1 saturated carbocycles. The summed E-state index contributed by atoms with van der Waals surface area (Å²) >= 11 is 0. The molecule has 1 N–H and O–H groups in total. The van der Waals surface area contributed by atoms with Crippen LogP contribution in [0, 0.1) is 5.92 Å². The van der Waals surface area contributed by atoms with Crippen molar-refractivity contribution in [3.8, 4) is 0 Å². The van der Waals surface area contributed by atoms with Crippen molar-refractivity contribution in [3.05, 3.63) is 30.3 Å². The fraction of sp³-hybridized carbons (Fsp3) is 0.647. The second-order valence-electron chi connectivity index (χ2n) is 5.63. The molecule has 2 heteroatoms. The van der Waals surface area contributed by atoms with Crippen LogP contribution in [0.2, 0.25) is 0 Å². The van der Waals surface area contributed by atoms with Crippen molar-refractivity contribution in [2.24, 2.45) is 5.92 Å². The number of para-hydroxylation sites is 1. The van der Waals surface area contributed by atoms with Crippen molar-refractivity contribution in [1.29, 1.82) is 0 Å². The van der Waals surface area contributed by atoms with Gasteiger partial charge in [-0.2, -0.15) is 0 Å². The zero-order valence-electron chi connectivity index (χ0n) is 12.4. The van der Waals surface area contributed by atoms with E-state index in [-0.39, 0.29) is 0 Å². The molecule has 0 aromatic heterocycles. The first-order valence-electron chi connectivity index (χ1n) is 7.88. The number of rotatable bonds is 7. The molecule has 2 nitrogen and oxygen atoms in total. The molecule has 2 atom stereocenters. The van der Waals surface area contributed by atoms with E-state index in [0.29, 0.717) is 0 Å². The Hall–Kier alpha value is -1.02. The molecule has 19 heavy (non-hydrogen) atoms. The molecular weight excluding hydrogens is 232 g/mol. The zero-order chi connectivity index (χ0) is 13.5. The van der Waals surface area contributed by atoms with E-state index in [9.17, 15) is 0 Å². The smallest absolute Gasteiger partial charge is 0.0366 e. The van der Waals surface area contributed by atoms with Crippen LogP contribution in [0.1, 0.15) is 39.5 Å². The minimum Gasteiger partial charge on any atom is -0.371 e. The zero-order valence-corrected chi connectivity index (χ0v) is 12.4. The lowest BCUT2D eigenvalue weighted by Gasteiger charge is -2.30. The number of hydrogen-bond acceptors (Lipinski definition) is 2. The van der Waals surface area contributed by atoms with Gasteiger partial charge in [-0.3, -0.25) is 0 Å². The van der Waals surface area contributed by atoms with Crippen LogP contribution in [0.4, 0.5) is 5.69 Å². The molecule has 1 aromatic rings. The second-order valence-corrected chi connectivity index (χ2v) is 5.63. The van der Waals surface area contributed by atoms with Crippen molar-refractivity contribution >= 4 is 5.69 Å². The van der Waals surface area contributed by atoms with Crippen LogP contribution in [-0.2, 0) is 0 Å². The first-order valence-corrected chi connectivity index (χ1v) is 7.88. The minimum absolute atomic E-state index is 0.734. The molecule has 0 saturated heterocycles. The van der Waals surface area contributed by atoms with E-state index in [1.807, 2.05) is 0 Å². The summed E-state index contributed by atoms with van der Waals surface area (Å²) in [6.07, 6.45) is 5.36. The van der Waals surface area contributed by atoms with Crippen molar-refractivity contribution in [1.82, 2.24) is 5.32 Å². The first-order chi connectivity index (χ1) is 9.35. The maximum Gasteiger partial charge on any atom is 0.0366 e. The molecule has 0 bridgehead atoms. The van der Waals surface area contributed by atoms with E-state index < -0.39 is 0 Å². The van der Waals surface area contributed by atoms with Gasteiger partial charge in [0.2, 0.25) is 0 Å². The van der Waals surface area contributed by atoms with Gasteiger partial charge in [0.25, 0.3) is 0 Å². The van der Waals surface area contributed by atoms with Crippen LogP contribution in [0.5, 0.6) is 0 Å². The molecule has 0 heterocycles. The summed E-state index contributed by atoms with van der Waals surface area (Å²) in [5.41, 5.74) is 1.37. The van der Waals surface area contributed by atoms with E-state index in [0.717, 1.165) is 18.5 Å². The number of hydrogen-bond donors (Lipinski definition) is 1. The van der Waals surface area contributed by atoms with Gasteiger partial charge in [-0.15, -0.1) is 0 Å². The third-order valence-corrected chi connectivity index (χ3v) is 4.27. The first kappa shape index (κ1) is 14.4. The summed E-state index contributed by atoms with van der Waals surface area (Å²) in [4.78, 5) is 2.52. The molecule has 1 aliphatic rings. The van der Waals surface area contributed by atoms with Gasteiger partial charge in [0.05, 0.1) is 0 Å². The summed E-state index contributed by atoms with van der Waals surface area (Å²) in [5.74, 6) is 0.812. The van der Waals surface area contributed by atoms with Crippen LogP contribution in [0.25, 0.3) is 0 Å². The van der Waals surface area contributed by atoms with Crippen LogP contribution >= 0.6 is 0 Å². The minimum atomic E-state index is 0.734. The number of benzene rings is 1. The van der Waals surface area contributed by atoms with Crippen molar-refractivity contribution in [2.75, 3.05) is 24.5 Å². The Morgan fingerprint density at radius 3 is 2.63 bits per heavy atom. The highest BCUT2D eigenvalue weighted by Gasteiger charge is 2.27. The standard InChI is InChI=1S/C17H28N2/c1-3-13-18-17-12-8-9-15(17)14-19(4-2)16-10-6-5-7-11-16/h5-7,10-11,15,17-18H,3-4,8-9,12-14H2,1-2H3. The number of nitrogens with zero attached hydrogens (tertiary/aromatic N) is 1. The van der Waals surface area contributed by atoms with Gasteiger partial charge < -0.3 is 10.2 Å². The topological polar surface area (TPSA) is 15.3 Å². The average molecular weight is 260 g/mol. The Morgan fingerprint density at radius 1 is 1.16 bits per heavy atom. The third-order valence-electron chi connectivity index (χ3n) is 4.27. The van der Waals surface area contributed by atoms with Gasteiger partial charge in [0.1, 0.15) is 0 Å². The van der Waals surface area contributed by atoms with Crippen molar-refractivity contribution < 1.29 is 0 Å². The van der Waals surface area contributed by atoms with Gasteiger partial charge in [0.15, 0.2) is 0 Å². The quantitative estimate of drug-likeness (QED) is 0.804. The Labute approximate surface area is 118 Å². The molecule has 106 valence electrons. The van der Waals surface area contributed by atoms with Crippen LogP contribution in [0.15, 0.2) is 30.3 Å². The summed E-state index contributed by atoms with van der Waals surface area (Å²) in [5, 5.41) is 3.74. The SMILES string of the molecule is CCCNC1CCCC1CN(CC)c1ccccc1. The molecule has 1 aliphatic carbocycles.